The molecule has 2 heterocycles. The topological polar surface area (TPSA) is 69.0 Å². The molecule has 5 heteroatoms. The van der Waals surface area contributed by atoms with Crippen LogP contribution < -0.4 is 5.32 Å². The molecule has 1 fully saturated rings. The number of likely N-dealkylation sites (tertiary alicyclic amines) is 1. The van der Waals surface area contributed by atoms with Gasteiger partial charge in [0.15, 0.2) is 0 Å². The highest BCUT2D eigenvalue weighted by molar-refractivity contribution is 5.74. The zero-order valence-electron chi connectivity index (χ0n) is 12.0. The molecule has 1 aliphatic heterocycles. The first-order chi connectivity index (χ1) is 9.60. The van der Waals surface area contributed by atoms with E-state index in [2.05, 4.69) is 16.4 Å². The van der Waals surface area contributed by atoms with Crippen molar-refractivity contribution >= 4 is 6.03 Å². The molecule has 20 heavy (non-hydrogen) atoms. The van der Waals surface area contributed by atoms with Crippen molar-refractivity contribution in [3.05, 3.63) is 29.6 Å². The molecule has 0 aromatic carbocycles. The molecule has 1 atom stereocenters. The minimum atomic E-state index is -0.115. The minimum absolute atomic E-state index is 0.0720. The summed E-state index contributed by atoms with van der Waals surface area (Å²) >= 11 is 0. The van der Waals surface area contributed by atoms with Gasteiger partial charge in [0.05, 0.1) is 17.8 Å². The molecule has 0 bridgehead atoms. The number of aromatic nitrogens is 1. The zero-order valence-corrected chi connectivity index (χ0v) is 12.0. The third-order valence-corrected chi connectivity index (χ3v) is 3.66. The van der Waals surface area contributed by atoms with E-state index in [1.54, 1.807) is 4.90 Å². The van der Waals surface area contributed by atoms with E-state index in [9.17, 15) is 4.79 Å². The predicted octanol–water partition coefficient (Wildman–Crippen LogP) is 2.40. The Morgan fingerprint density at radius 3 is 2.80 bits per heavy atom. The highest BCUT2D eigenvalue weighted by Crippen LogP contribution is 2.17. The van der Waals surface area contributed by atoms with Crippen LogP contribution in [0.1, 0.15) is 37.2 Å². The molecule has 0 radical (unpaired) electrons. The van der Waals surface area contributed by atoms with Crippen molar-refractivity contribution in [3.8, 4) is 6.07 Å². The second-order valence-corrected chi connectivity index (χ2v) is 5.27. The van der Waals surface area contributed by atoms with Crippen LogP contribution >= 0.6 is 0 Å². The van der Waals surface area contributed by atoms with Crippen molar-refractivity contribution in [2.75, 3.05) is 13.1 Å². The summed E-state index contributed by atoms with van der Waals surface area (Å²) in [5.74, 6) is 0.0925. The van der Waals surface area contributed by atoms with Gasteiger partial charge in [0, 0.05) is 24.7 Å². The number of piperidine rings is 1. The van der Waals surface area contributed by atoms with Gasteiger partial charge in [-0.15, -0.1) is 0 Å². The number of nitriles is 1. The van der Waals surface area contributed by atoms with Crippen molar-refractivity contribution in [2.24, 2.45) is 5.92 Å². The Morgan fingerprint density at radius 2 is 2.20 bits per heavy atom. The monoisotopic (exact) mass is 272 g/mol. The molecular weight excluding hydrogens is 252 g/mol. The van der Waals surface area contributed by atoms with E-state index in [-0.39, 0.29) is 18.0 Å². The van der Waals surface area contributed by atoms with E-state index in [1.165, 1.54) is 0 Å². The average Bonchev–Trinajstić information content (AvgIpc) is 2.47. The molecule has 5 nitrogen and oxygen atoms in total. The smallest absolute Gasteiger partial charge is 0.317 e. The summed E-state index contributed by atoms with van der Waals surface area (Å²) in [4.78, 5) is 18.4. The summed E-state index contributed by atoms with van der Waals surface area (Å²) in [6.45, 7) is 5.17. The van der Waals surface area contributed by atoms with Crippen molar-refractivity contribution in [1.82, 2.24) is 15.2 Å². The van der Waals surface area contributed by atoms with Gasteiger partial charge in [-0.2, -0.15) is 5.26 Å². The zero-order chi connectivity index (χ0) is 14.5. The van der Waals surface area contributed by atoms with Gasteiger partial charge in [-0.3, -0.25) is 4.98 Å². The molecule has 0 saturated carbocycles. The lowest BCUT2D eigenvalue weighted by Gasteiger charge is -2.30. The van der Waals surface area contributed by atoms with Crippen LogP contribution in [0.25, 0.3) is 0 Å². The number of carbonyl (C=O) groups is 1. The molecule has 1 saturated heterocycles. The molecule has 0 aliphatic carbocycles. The highest BCUT2D eigenvalue weighted by Gasteiger charge is 2.23. The molecule has 1 aliphatic rings. The van der Waals surface area contributed by atoms with Gasteiger partial charge in [-0.05, 0) is 38.8 Å². The lowest BCUT2D eigenvalue weighted by Crippen LogP contribution is -2.45. The molecule has 1 aromatic rings. The summed E-state index contributed by atoms with van der Waals surface area (Å²) in [5, 5.41) is 11.8. The van der Waals surface area contributed by atoms with E-state index in [0.717, 1.165) is 24.2 Å². The number of aryl methyl sites for hydroxylation is 1. The van der Waals surface area contributed by atoms with E-state index in [0.29, 0.717) is 13.1 Å². The van der Waals surface area contributed by atoms with E-state index >= 15 is 0 Å². The SMILES string of the molecule is Cc1cccc([C@H](C)NC(=O)N2CCC(C#N)CC2)n1. The van der Waals surface area contributed by atoms with Crippen LogP contribution in [-0.4, -0.2) is 29.0 Å². The number of urea groups is 1. The van der Waals surface area contributed by atoms with Crippen molar-refractivity contribution in [1.29, 1.82) is 5.26 Å². The maximum absolute atomic E-state index is 12.2. The maximum Gasteiger partial charge on any atom is 0.317 e. The molecule has 2 amide bonds. The molecule has 1 aromatic heterocycles. The molecule has 0 spiro atoms. The van der Waals surface area contributed by atoms with E-state index < -0.39 is 0 Å². The average molecular weight is 272 g/mol. The van der Waals surface area contributed by atoms with Gasteiger partial charge in [0.25, 0.3) is 0 Å². The summed E-state index contributed by atoms with van der Waals surface area (Å²) < 4.78 is 0. The molecule has 2 rings (SSSR count). The van der Waals surface area contributed by atoms with E-state index in [4.69, 9.17) is 5.26 Å². The fourth-order valence-electron chi connectivity index (χ4n) is 2.37. The van der Waals surface area contributed by atoms with Gasteiger partial charge in [-0.25, -0.2) is 4.79 Å². The Bertz CT molecular complexity index is 515. The number of amides is 2. The number of nitrogens with zero attached hydrogens (tertiary/aromatic N) is 3. The van der Waals surface area contributed by atoms with Gasteiger partial charge in [-0.1, -0.05) is 6.07 Å². The van der Waals surface area contributed by atoms with Crippen LogP contribution in [0.3, 0.4) is 0 Å². The van der Waals surface area contributed by atoms with Crippen LogP contribution in [0.2, 0.25) is 0 Å². The third-order valence-electron chi connectivity index (χ3n) is 3.66. The second-order valence-electron chi connectivity index (χ2n) is 5.27. The van der Waals surface area contributed by atoms with Crippen molar-refractivity contribution in [3.63, 3.8) is 0 Å². The Hall–Kier alpha value is -2.09. The number of carbonyl (C=O) groups excluding carboxylic acids is 1. The lowest BCUT2D eigenvalue weighted by molar-refractivity contribution is 0.176. The fraction of sp³-hybridized carbons (Fsp3) is 0.533. The normalized spacial score (nSPS) is 17.4. The number of rotatable bonds is 2. The Kier molecular flexibility index (Phi) is 4.57. The number of nitrogens with one attached hydrogen (secondary N) is 1. The third kappa shape index (κ3) is 3.47. The summed E-state index contributed by atoms with van der Waals surface area (Å²) in [7, 11) is 0. The Balaban J connectivity index is 1.90. The molecule has 1 N–H and O–H groups in total. The predicted molar refractivity (Wildman–Crippen MR) is 75.8 cm³/mol. The van der Waals surface area contributed by atoms with E-state index in [1.807, 2.05) is 32.0 Å². The first-order valence-electron chi connectivity index (χ1n) is 6.98. The van der Waals surface area contributed by atoms with Gasteiger partial charge < -0.3 is 10.2 Å². The standard InChI is InChI=1S/C15H20N4O/c1-11-4-3-5-14(17-11)12(2)18-15(20)19-8-6-13(10-16)7-9-19/h3-5,12-13H,6-9H2,1-2H3,(H,18,20)/t12-/m0/s1. The molecule has 106 valence electrons. The largest absolute Gasteiger partial charge is 0.330 e. The molecule has 0 unspecified atom stereocenters. The summed E-state index contributed by atoms with van der Waals surface area (Å²) in [5.41, 5.74) is 1.81. The first kappa shape index (κ1) is 14.3. The summed E-state index contributed by atoms with van der Waals surface area (Å²) in [6.07, 6.45) is 1.53. The van der Waals surface area contributed by atoms with Gasteiger partial charge >= 0.3 is 6.03 Å². The quantitative estimate of drug-likeness (QED) is 0.898. The van der Waals surface area contributed by atoms with Crippen LogP contribution in [0.5, 0.6) is 0 Å². The molecular formula is C15H20N4O. The number of pyridine rings is 1. The van der Waals surface area contributed by atoms with Crippen LogP contribution in [0.15, 0.2) is 18.2 Å². The number of hydrogen-bond donors (Lipinski definition) is 1. The maximum atomic E-state index is 12.2. The summed E-state index contributed by atoms with van der Waals surface area (Å²) in [6, 6.07) is 7.88. The lowest BCUT2D eigenvalue weighted by atomic mass is 9.99. The van der Waals surface area contributed by atoms with Gasteiger partial charge in [0.2, 0.25) is 0 Å². The van der Waals surface area contributed by atoms with Crippen LogP contribution in [-0.2, 0) is 0 Å². The number of hydrogen-bond acceptors (Lipinski definition) is 3. The van der Waals surface area contributed by atoms with Crippen molar-refractivity contribution in [2.45, 2.75) is 32.7 Å². The Labute approximate surface area is 119 Å². The van der Waals surface area contributed by atoms with Crippen LogP contribution in [0, 0.1) is 24.2 Å². The Morgan fingerprint density at radius 1 is 1.50 bits per heavy atom. The first-order valence-corrected chi connectivity index (χ1v) is 6.98. The fourth-order valence-corrected chi connectivity index (χ4v) is 2.37. The van der Waals surface area contributed by atoms with Crippen molar-refractivity contribution < 1.29 is 4.79 Å². The minimum Gasteiger partial charge on any atom is -0.330 e. The second kappa shape index (κ2) is 6.38. The highest BCUT2D eigenvalue weighted by atomic mass is 16.2. The van der Waals surface area contributed by atoms with Crippen LogP contribution in [0.4, 0.5) is 4.79 Å². The van der Waals surface area contributed by atoms with Gasteiger partial charge in [0.1, 0.15) is 0 Å².